The van der Waals surface area contributed by atoms with Crippen LogP contribution in [0.2, 0.25) is 0 Å². The number of hydrogen-bond donors (Lipinski definition) is 1. The van der Waals surface area contributed by atoms with E-state index in [9.17, 15) is 9.59 Å². The summed E-state index contributed by atoms with van der Waals surface area (Å²) in [4.78, 5) is 24.1. The molecule has 6 nitrogen and oxygen atoms in total. The quantitative estimate of drug-likeness (QED) is 0.801. The van der Waals surface area contributed by atoms with Crippen LogP contribution in [0.1, 0.15) is 31.2 Å². The summed E-state index contributed by atoms with van der Waals surface area (Å²) in [5.74, 6) is -0.486. The number of esters is 1. The molecule has 25 heavy (non-hydrogen) atoms. The van der Waals surface area contributed by atoms with Crippen molar-refractivity contribution in [3.05, 3.63) is 35.9 Å². The second-order valence-electron chi connectivity index (χ2n) is 6.86. The van der Waals surface area contributed by atoms with E-state index < -0.39 is 6.09 Å². The van der Waals surface area contributed by atoms with E-state index in [1.807, 2.05) is 30.3 Å². The molecule has 3 rings (SSSR count). The van der Waals surface area contributed by atoms with Crippen LogP contribution in [0.25, 0.3) is 0 Å². The molecule has 1 saturated heterocycles. The maximum Gasteiger partial charge on any atom is 0.407 e. The van der Waals surface area contributed by atoms with E-state index in [0.717, 1.165) is 31.2 Å². The van der Waals surface area contributed by atoms with Crippen molar-refractivity contribution in [2.45, 2.75) is 37.9 Å². The van der Waals surface area contributed by atoms with E-state index in [0.29, 0.717) is 6.61 Å². The average molecular weight is 347 g/mol. The minimum absolute atomic E-state index is 0.0248. The van der Waals surface area contributed by atoms with Gasteiger partial charge in [0.15, 0.2) is 0 Å². The highest BCUT2D eigenvalue weighted by atomic mass is 16.5. The molecule has 1 aliphatic carbocycles. The first-order valence-electron chi connectivity index (χ1n) is 8.78. The van der Waals surface area contributed by atoms with E-state index in [4.69, 9.17) is 14.2 Å². The highest BCUT2D eigenvalue weighted by Crippen LogP contribution is 2.49. The summed E-state index contributed by atoms with van der Waals surface area (Å²) in [5, 5.41) is 2.71. The Morgan fingerprint density at radius 3 is 2.76 bits per heavy atom. The molecule has 1 amide bonds. The van der Waals surface area contributed by atoms with Crippen LogP contribution < -0.4 is 5.32 Å². The van der Waals surface area contributed by atoms with Crippen molar-refractivity contribution in [2.24, 2.45) is 11.8 Å². The van der Waals surface area contributed by atoms with Gasteiger partial charge in [-0.25, -0.2) is 4.79 Å². The molecule has 1 N–H and O–H groups in total. The molecule has 1 saturated carbocycles. The fourth-order valence-electron chi connectivity index (χ4n) is 3.46. The molecular formula is C19H25NO5. The van der Waals surface area contributed by atoms with Crippen molar-refractivity contribution in [1.82, 2.24) is 5.32 Å². The van der Waals surface area contributed by atoms with Gasteiger partial charge in [0.2, 0.25) is 0 Å². The SMILES string of the molecule is COC(=O)[C@@H](CNC(=O)OCc1ccccc1)[C@H]1CCOC2(CC2)C1. The normalized spacial score (nSPS) is 22.0. The molecule has 1 aromatic carbocycles. The van der Waals surface area contributed by atoms with Crippen molar-refractivity contribution < 1.29 is 23.8 Å². The molecule has 0 aromatic heterocycles. The van der Waals surface area contributed by atoms with Crippen LogP contribution in [0.5, 0.6) is 0 Å². The van der Waals surface area contributed by atoms with Gasteiger partial charge in [0.25, 0.3) is 0 Å². The molecule has 2 atom stereocenters. The average Bonchev–Trinajstić information content (AvgIpc) is 3.39. The van der Waals surface area contributed by atoms with E-state index in [2.05, 4.69) is 5.32 Å². The van der Waals surface area contributed by atoms with Gasteiger partial charge < -0.3 is 19.5 Å². The summed E-state index contributed by atoms with van der Waals surface area (Å²) in [6.45, 7) is 1.09. The molecule has 2 fully saturated rings. The van der Waals surface area contributed by atoms with Crippen molar-refractivity contribution in [2.75, 3.05) is 20.3 Å². The maximum absolute atomic E-state index is 12.2. The first-order chi connectivity index (χ1) is 12.1. The van der Waals surface area contributed by atoms with Crippen LogP contribution in [0.4, 0.5) is 4.79 Å². The molecule has 6 heteroatoms. The number of hydrogen-bond acceptors (Lipinski definition) is 5. The zero-order valence-corrected chi connectivity index (χ0v) is 14.5. The summed E-state index contributed by atoms with van der Waals surface area (Å²) < 4.78 is 16.0. The van der Waals surface area contributed by atoms with Gasteiger partial charge in [-0.05, 0) is 37.2 Å². The largest absolute Gasteiger partial charge is 0.469 e. The predicted octanol–water partition coefficient (Wildman–Crippen LogP) is 2.66. The number of nitrogens with one attached hydrogen (secondary N) is 1. The van der Waals surface area contributed by atoms with E-state index >= 15 is 0 Å². The Balaban J connectivity index is 1.50. The second-order valence-corrected chi connectivity index (χ2v) is 6.86. The van der Waals surface area contributed by atoms with Crippen molar-refractivity contribution in [3.63, 3.8) is 0 Å². The second kappa shape index (κ2) is 7.87. The third kappa shape index (κ3) is 4.72. The Bertz CT molecular complexity index is 599. The van der Waals surface area contributed by atoms with Crippen molar-refractivity contribution >= 4 is 12.1 Å². The molecule has 0 radical (unpaired) electrons. The summed E-state index contributed by atoms with van der Waals surface area (Å²) in [5.41, 5.74) is 0.894. The highest BCUT2D eigenvalue weighted by Gasteiger charge is 2.50. The minimum atomic E-state index is -0.522. The Morgan fingerprint density at radius 2 is 2.08 bits per heavy atom. The van der Waals surface area contributed by atoms with Crippen LogP contribution in [-0.2, 0) is 25.6 Å². The number of carbonyl (C=O) groups excluding carboxylic acids is 2. The summed E-state index contributed by atoms with van der Waals surface area (Å²) in [6.07, 6.45) is 3.26. The zero-order valence-electron chi connectivity index (χ0n) is 14.5. The Hall–Kier alpha value is -2.08. The lowest BCUT2D eigenvalue weighted by molar-refractivity contribution is -0.149. The first-order valence-corrected chi connectivity index (χ1v) is 8.78. The molecule has 1 aliphatic heterocycles. The van der Waals surface area contributed by atoms with E-state index in [1.54, 1.807) is 0 Å². The van der Waals surface area contributed by atoms with E-state index in [1.165, 1.54) is 7.11 Å². The fourth-order valence-corrected chi connectivity index (χ4v) is 3.46. The van der Waals surface area contributed by atoms with Gasteiger partial charge in [-0.2, -0.15) is 0 Å². The molecular weight excluding hydrogens is 322 g/mol. The Morgan fingerprint density at radius 1 is 1.32 bits per heavy atom. The van der Waals surface area contributed by atoms with E-state index in [-0.39, 0.29) is 36.6 Å². The molecule has 1 aromatic rings. The third-order valence-corrected chi connectivity index (χ3v) is 5.09. The number of rotatable bonds is 6. The number of carbonyl (C=O) groups is 2. The van der Waals surface area contributed by atoms with Gasteiger partial charge in [-0.1, -0.05) is 30.3 Å². The lowest BCUT2D eigenvalue weighted by Crippen LogP contribution is -2.41. The van der Waals surface area contributed by atoms with Crippen molar-refractivity contribution in [3.8, 4) is 0 Å². The van der Waals surface area contributed by atoms with Crippen LogP contribution in [0.15, 0.2) is 30.3 Å². The van der Waals surface area contributed by atoms with Gasteiger partial charge in [-0.15, -0.1) is 0 Å². The lowest BCUT2D eigenvalue weighted by atomic mass is 9.82. The number of ether oxygens (including phenoxy) is 3. The molecule has 1 heterocycles. The number of benzene rings is 1. The van der Waals surface area contributed by atoms with Gasteiger partial charge >= 0.3 is 12.1 Å². The third-order valence-electron chi connectivity index (χ3n) is 5.09. The fraction of sp³-hybridized carbons (Fsp3) is 0.579. The van der Waals surface area contributed by atoms with Crippen LogP contribution in [0, 0.1) is 11.8 Å². The van der Waals surface area contributed by atoms with Gasteiger partial charge in [-0.3, -0.25) is 4.79 Å². The number of amides is 1. The molecule has 2 aliphatic rings. The summed E-state index contributed by atoms with van der Waals surface area (Å²) in [7, 11) is 1.38. The monoisotopic (exact) mass is 347 g/mol. The standard InChI is InChI=1S/C19H25NO5/c1-23-17(21)16(15-7-10-25-19(11-15)8-9-19)12-20-18(22)24-13-14-5-3-2-4-6-14/h2-6,15-16H,7-13H2,1H3,(H,20,22)/t15-,16-/m0/s1. The number of alkyl carbamates (subject to hydrolysis) is 1. The Kier molecular flexibility index (Phi) is 5.58. The molecule has 0 unspecified atom stereocenters. The van der Waals surface area contributed by atoms with Gasteiger partial charge in [0.1, 0.15) is 6.61 Å². The van der Waals surface area contributed by atoms with Crippen LogP contribution in [-0.4, -0.2) is 37.9 Å². The number of methoxy groups -OCH3 is 1. The van der Waals surface area contributed by atoms with Crippen LogP contribution in [0.3, 0.4) is 0 Å². The molecule has 136 valence electrons. The lowest BCUT2D eigenvalue weighted by Gasteiger charge is -2.33. The highest BCUT2D eigenvalue weighted by molar-refractivity contribution is 5.74. The van der Waals surface area contributed by atoms with Crippen molar-refractivity contribution in [1.29, 1.82) is 0 Å². The molecule has 0 bridgehead atoms. The summed E-state index contributed by atoms with van der Waals surface area (Å²) >= 11 is 0. The Labute approximate surface area is 147 Å². The molecule has 1 spiro atoms. The predicted molar refractivity (Wildman–Crippen MR) is 90.8 cm³/mol. The van der Waals surface area contributed by atoms with Gasteiger partial charge in [0.05, 0.1) is 18.6 Å². The minimum Gasteiger partial charge on any atom is -0.469 e. The van der Waals surface area contributed by atoms with Crippen LogP contribution >= 0.6 is 0 Å². The topological polar surface area (TPSA) is 73.9 Å². The summed E-state index contributed by atoms with van der Waals surface area (Å²) in [6, 6.07) is 9.47. The maximum atomic E-state index is 12.2. The van der Waals surface area contributed by atoms with Gasteiger partial charge in [0, 0.05) is 13.2 Å². The first kappa shape index (κ1) is 17.7. The zero-order chi connectivity index (χ0) is 17.7. The smallest absolute Gasteiger partial charge is 0.407 e.